The van der Waals surface area contributed by atoms with Crippen molar-refractivity contribution in [2.75, 3.05) is 18.4 Å². The normalized spacial score (nSPS) is 22.4. The van der Waals surface area contributed by atoms with Crippen LogP contribution in [0.3, 0.4) is 0 Å². The molecule has 4 N–H and O–H groups in total. The molecule has 0 aromatic heterocycles. The summed E-state index contributed by atoms with van der Waals surface area (Å²) in [4.78, 5) is 16.4. The number of carbonyl (C=O) groups excluding carboxylic acids is 1. The largest absolute Gasteiger partial charge is 0.364 e. The van der Waals surface area contributed by atoms with Gasteiger partial charge in [0.15, 0.2) is 0 Å². The average Bonchev–Trinajstić information content (AvgIpc) is 3.26. The van der Waals surface area contributed by atoms with Crippen LogP contribution in [0.5, 0.6) is 0 Å². The van der Waals surface area contributed by atoms with Crippen molar-refractivity contribution in [2.45, 2.75) is 42.8 Å². The Morgan fingerprint density at radius 1 is 1.35 bits per heavy atom. The van der Waals surface area contributed by atoms with Crippen molar-refractivity contribution in [3.63, 3.8) is 0 Å². The minimum Gasteiger partial charge on any atom is -0.364 e. The molecule has 26 heavy (non-hydrogen) atoms. The zero-order valence-corrected chi connectivity index (χ0v) is 15.8. The van der Waals surface area contributed by atoms with Gasteiger partial charge in [-0.15, -0.1) is 12.4 Å². The monoisotopic (exact) mass is 402 g/mol. The van der Waals surface area contributed by atoms with Gasteiger partial charge in [-0.1, -0.05) is 6.07 Å². The van der Waals surface area contributed by atoms with E-state index in [4.69, 9.17) is 10.5 Å². The molecule has 1 aromatic carbocycles. The highest BCUT2D eigenvalue weighted by atomic mass is 35.5. The molecular formula is C16H23ClN4O4S. The number of sulfonamides is 1. The summed E-state index contributed by atoms with van der Waals surface area (Å²) in [6.07, 6.45) is 2.16. The third-order valence-electron chi connectivity index (χ3n) is 4.20. The van der Waals surface area contributed by atoms with Gasteiger partial charge in [-0.25, -0.2) is 8.42 Å². The number of nitrogens with two attached hydrogens (primary N) is 1. The van der Waals surface area contributed by atoms with Crippen LogP contribution < -0.4 is 15.8 Å². The zero-order chi connectivity index (χ0) is 17.9. The summed E-state index contributed by atoms with van der Waals surface area (Å²) in [6.45, 7) is 1.02. The molecular weight excluding hydrogens is 380 g/mol. The second-order valence-electron chi connectivity index (χ2n) is 6.11. The number of amidine groups is 1. The number of amides is 1. The van der Waals surface area contributed by atoms with Gasteiger partial charge < -0.3 is 15.8 Å². The summed E-state index contributed by atoms with van der Waals surface area (Å²) in [5, 5.41) is 2.71. The number of anilines is 1. The minimum absolute atomic E-state index is 0. The lowest BCUT2D eigenvalue weighted by Gasteiger charge is -2.13. The van der Waals surface area contributed by atoms with Crippen molar-refractivity contribution >= 4 is 39.9 Å². The first kappa shape index (κ1) is 20.6. The van der Waals surface area contributed by atoms with Gasteiger partial charge in [0, 0.05) is 25.2 Å². The van der Waals surface area contributed by atoms with E-state index in [-0.39, 0.29) is 29.3 Å². The molecule has 0 unspecified atom stereocenters. The van der Waals surface area contributed by atoms with Crippen LogP contribution in [0.15, 0.2) is 34.2 Å². The molecule has 1 aromatic rings. The fourth-order valence-corrected chi connectivity index (χ4v) is 4.01. The Balaban J connectivity index is 0.00000243. The van der Waals surface area contributed by atoms with E-state index in [1.54, 1.807) is 12.1 Å². The van der Waals surface area contributed by atoms with Crippen LogP contribution in [0.2, 0.25) is 0 Å². The van der Waals surface area contributed by atoms with Crippen LogP contribution in [0.25, 0.3) is 0 Å². The van der Waals surface area contributed by atoms with Crippen molar-refractivity contribution in [3.8, 4) is 0 Å². The van der Waals surface area contributed by atoms with Gasteiger partial charge in [0.2, 0.25) is 0 Å². The molecule has 0 saturated carbocycles. The lowest BCUT2D eigenvalue weighted by atomic mass is 10.2. The SMILES string of the molecule is Cl.NC[C@H]1CC[C@@H](C(=O)Nc2cccc(S(=O)(=O)NC3=NCCC3)c2)O1. The molecule has 3 rings (SSSR count). The third-order valence-corrected chi connectivity index (χ3v) is 5.58. The summed E-state index contributed by atoms with van der Waals surface area (Å²) in [6, 6.07) is 6.12. The number of carbonyl (C=O) groups is 1. The Bertz CT molecular complexity index is 784. The number of rotatable bonds is 5. The second-order valence-corrected chi connectivity index (χ2v) is 7.80. The number of benzene rings is 1. The molecule has 2 aliphatic rings. The first-order valence-corrected chi connectivity index (χ1v) is 9.79. The van der Waals surface area contributed by atoms with E-state index < -0.39 is 16.1 Å². The number of ether oxygens (including phenoxy) is 1. The van der Waals surface area contributed by atoms with E-state index in [1.807, 2.05) is 0 Å². The zero-order valence-electron chi connectivity index (χ0n) is 14.2. The lowest BCUT2D eigenvalue weighted by molar-refractivity contribution is -0.126. The number of nitrogens with one attached hydrogen (secondary N) is 2. The van der Waals surface area contributed by atoms with Crippen molar-refractivity contribution < 1.29 is 17.9 Å². The average molecular weight is 403 g/mol. The summed E-state index contributed by atoms with van der Waals surface area (Å²) >= 11 is 0. The maximum Gasteiger partial charge on any atom is 0.262 e. The molecule has 144 valence electrons. The van der Waals surface area contributed by atoms with E-state index in [0.717, 1.165) is 12.8 Å². The van der Waals surface area contributed by atoms with Gasteiger partial charge in [0.25, 0.3) is 15.9 Å². The molecule has 0 radical (unpaired) electrons. The smallest absolute Gasteiger partial charge is 0.262 e. The van der Waals surface area contributed by atoms with Gasteiger partial charge in [-0.2, -0.15) is 0 Å². The summed E-state index contributed by atoms with van der Waals surface area (Å²) in [7, 11) is -3.71. The molecule has 1 amide bonds. The van der Waals surface area contributed by atoms with E-state index in [2.05, 4.69) is 15.0 Å². The highest BCUT2D eigenvalue weighted by Crippen LogP contribution is 2.22. The van der Waals surface area contributed by atoms with E-state index in [1.165, 1.54) is 12.1 Å². The van der Waals surface area contributed by atoms with Gasteiger partial charge >= 0.3 is 0 Å². The fourth-order valence-electron chi connectivity index (χ4n) is 2.87. The van der Waals surface area contributed by atoms with E-state index >= 15 is 0 Å². The van der Waals surface area contributed by atoms with Gasteiger partial charge in [-0.05, 0) is 37.5 Å². The second kappa shape index (κ2) is 8.81. The molecule has 0 spiro atoms. The van der Waals surface area contributed by atoms with Crippen LogP contribution in [0.1, 0.15) is 25.7 Å². The molecule has 2 atom stereocenters. The molecule has 8 nitrogen and oxygen atoms in total. The Labute approximate surface area is 159 Å². The molecule has 1 fully saturated rings. The van der Waals surface area contributed by atoms with Gasteiger partial charge in [-0.3, -0.25) is 14.5 Å². The van der Waals surface area contributed by atoms with Crippen molar-refractivity contribution in [3.05, 3.63) is 24.3 Å². The Morgan fingerprint density at radius 3 is 2.81 bits per heavy atom. The molecule has 2 heterocycles. The number of hydrogen-bond acceptors (Lipinski definition) is 6. The molecule has 0 aliphatic carbocycles. The van der Waals surface area contributed by atoms with Crippen molar-refractivity contribution in [1.29, 1.82) is 0 Å². The quantitative estimate of drug-likeness (QED) is 0.678. The third kappa shape index (κ3) is 4.94. The maximum absolute atomic E-state index is 12.4. The number of halogens is 1. The molecule has 10 heteroatoms. The Kier molecular flexibility index (Phi) is 6.99. The van der Waals surface area contributed by atoms with Crippen LogP contribution in [-0.2, 0) is 19.6 Å². The summed E-state index contributed by atoms with van der Waals surface area (Å²) < 4.78 is 32.9. The molecule has 0 bridgehead atoms. The van der Waals surface area contributed by atoms with E-state index in [9.17, 15) is 13.2 Å². The van der Waals surface area contributed by atoms with Crippen LogP contribution >= 0.6 is 12.4 Å². The standard InChI is InChI=1S/C16H22N4O4S.ClH/c17-10-12-6-7-14(24-12)16(21)19-11-3-1-4-13(9-11)25(22,23)20-15-5-2-8-18-15;/h1,3-4,9,12,14H,2,5-8,10,17H2,(H,18,20)(H,19,21);1H/t12-,14+;/m1./s1. The van der Waals surface area contributed by atoms with E-state index in [0.29, 0.717) is 37.5 Å². The van der Waals surface area contributed by atoms with Crippen LogP contribution in [0.4, 0.5) is 5.69 Å². The Hall–Kier alpha value is -1.68. The van der Waals surface area contributed by atoms with Crippen molar-refractivity contribution in [1.82, 2.24) is 4.72 Å². The highest BCUT2D eigenvalue weighted by Gasteiger charge is 2.30. The lowest BCUT2D eigenvalue weighted by Crippen LogP contribution is -2.30. The predicted molar refractivity (Wildman–Crippen MR) is 101 cm³/mol. The first-order chi connectivity index (χ1) is 12.0. The first-order valence-electron chi connectivity index (χ1n) is 8.30. The highest BCUT2D eigenvalue weighted by molar-refractivity contribution is 7.90. The van der Waals surface area contributed by atoms with Crippen LogP contribution in [-0.4, -0.2) is 45.5 Å². The summed E-state index contributed by atoms with van der Waals surface area (Å²) in [5.74, 6) is 0.181. The number of nitrogens with zero attached hydrogens (tertiary/aromatic N) is 1. The van der Waals surface area contributed by atoms with Gasteiger partial charge in [0.05, 0.1) is 11.0 Å². The fraction of sp³-hybridized carbons (Fsp3) is 0.500. The van der Waals surface area contributed by atoms with Crippen LogP contribution in [0, 0.1) is 0 Å². The van der Waals surface area contributed by atoms with Crippen molar-refractivity contribution in [2.24, 2.45) is 10.7 Å². The summed E-state index contributed by atoms with van der Waals surface area (Å²) in [5.41, 5.74) is 5.95. The minimum atomic E-state index is -3.71. The number of aliphatic imine (C=N–C) groups is 1. The molecule has 1 saturated heterocycles. The van der Waals surface area contributed by atoms with Gasteiger partial charge in [0.1, 0.15) is 11.9 Å². The topological polar surface area (TPSA) is 123 Å². The maximum atomic E-state index is 12.4. The molecule has 2 aliphatic heterocycles. The predicted octanol–water partition coefficient (Wildman–Crippen LogP) is 1.02. The number of hydrogen-bond donors (Lipinski definition) is 3. The Morgan fingerprint density at radius 2 is 2.15 bits per heavy atom.